The Kier molecular flexibility index (Phi) is 7.12. The number of ether oxygens (including phenoxy) is 1. The molecule has 0 bridgehead atoms. The fourth-order valence-corrected chi connectivity index (χ4v) is 4.79. The number of amides is 1. The van der Waals surface area contributed by atoms with Gasteiger partial charge in [-0.2, -0.15) is 0 Å². The number of morpholine rings is 1. The van der Waals surface area contributed by atoms with E-state index in [2.05, 4.69) is 14.9 Å². The van der Waals surface area contributed by atoms with Crippen LogP contribution in [0.25, 0.3) is 0 Å². The lowest BCUT2D eigenvalue weighted by Gasteiger charge is -2.33. The molecule has 1 fully saturated rings. The van der Waals surface area contributed by atoms with E-state index < -0.39 is 10.0 Å². The van der Waals surface area contributed by atoms with Crippen LogP contribution in [0.3, 0.4) is 0 Å². The van der Waals surface area contributed by atoms with Gasteiger partial charge >= 0.3 is 0 Å². The molecule has 2 N–H and O–H groups in total. The van der Waals surface area contributed by atoms with Crippen molar-refractivity contribution in [3.63, 3.8) is 0 Å². The summed E-state index contributed by atoms with van der Waals surface area (Å²) in [7, 11) is -3.74. The number of nitrogens with zero attached hydrogens (tertiary/aromatic N) is 1. The van der Waals surface area contributed by atoms with Crippen LogP contribution in [0.4, 0.5) is 5.69 Å². The number of carbonyl (C=O) groups excluding carboxylic acids is 1. The van der Waals surface area contributed by atoms with Crippen LogP contribution < -0.4 is 10.0 Å². The monoisotopic (exact) mass is 469 g/mol. The molecule has 33 heavy (non-hydrogen) atoms. The minimum atomic E-state index is -3.74. The quantitative estimate of drug-likeness (QED) is 0.526. The molecule has 174 valence electrons. The van der Waals surface area contributed by atoms with Gasteiger partial charge in [-0.1, -0.05) is 18.2 Å². The van der Waals surface area contributed by atoms with Gasteiger partial charge < -0.3 is 14.5 Å². The van der Waals surface area contributed by atoms with Crippen LogP contribution in [0.5, 0.6) is 0 Å². The Morgan fingerprint density at radius 1 is 1.00 bits per heavy atom. The number of rotatable bonds is 8. The summed E-state index contributed by atoms with van der Waals surface area (Å²) in [5, 5.41) is 2.96. The lowest BCUT2D eigenvalue weighted by Crippen LogP contribution is -2.43. The van der Waals surface area contributed by atoms with E-state index in [0.717, 1.165) is 24.6 Å². The van der Waals surface area contributed by atoms with Crippen LogP contribution >= 0.6 is 0 Å². The smallest absolute Gasteiger partial charge is 0.261 e. The van der Waals surface area contributed by atoms with Crippen LogP contribution in [0.15, 0.2) is 76.0 Å². The Morgan fingerprint density at radius 2 is 1.70 bits per heavy atom. The largest absolute Gasteiger partial charge is 0.465 e. The fraction of sp³-hybridized carbons (Fsp3) is 0.292. The summed E-state index contributed by atoms with van der Waals surface area (Å²) in [6.45, 7) is 5.03. The Morgan fingerprint density at radius 3 is 2.33 bits per heavy atom. The molecule has 0 aliphatic carbocycles. The summed E-state index contributed by atoms with van der Waals surface area (Å²) in [4.78, 5) is 15.1. The van der Waals surface area contributed by atoms with Gasteiger partial charge in [-0.05, 0) is 55.5 Å². The van der Waals surface area contributed by atoms with E-state index in [9.17, 15) is 13.2 Å². The van der Waals surface area contributed by atoms with E-state index in [0.29, 0.717) is 31.0 Å². The molecular weight excluding hydrogens is 442 g/mol. The summed E-state index contributed by atoms with van der Waals surface area (Å²) in [5.74, 6) is 1.33. The van der Waals surface area contributed by atoms with Crippen molar-refractivity contribution < 1.29 is 22.4 Å². The molecule has 1 amide bonds. The van der Waals surface area contributed by atoms with Gasteiger partial charge in [-0.25, -0.2) is 8.42 Å². The highest BCUT2D eigenvalue weighted by molar-refractivity contribution is 7.92. The van der Waals surface area contributed by atoms with E-state index in [-0.39, 0.29) is 16.8 Å². The number of carbonyl (C=O) groups is 1. The minimum Gasteiger partial charge on any atom is -0.465 e. The van der Waals surface area contributed by atoms with Crippen LogP contribution in [0.2, 0.25) is 0 Å². The van der Waals surface area contributed by atoms with E-state index >= 15 is 0 Å². The Bertz CT molecular complexity index is 1170. The van der Waals surface area contributed by atoms with Crippen molar-refractivity contribution >= 4 is 21.6 Å². The van der Waals surface area contributed by atoms with Gasteiger partial charge in [0.15, 0.2) is 0 Å². The molecule has 0 spiro atoms. The van der Waals surface area contributed by atoms with Gasteiger partial charge in [0.1, 0.15) is 11.5 Å². The van der Waals surface area contributed by atoms with E-state index in [1.54, 1.807) is 24.3 Å². The summed E-state index contributed by atoms with van der Waals surface area (Å²) < 4.78 is 39.0. The third-order valence-corrected chi connectivity index (χ3v) is 6.88. The van der Waals surface area contributed by atoms with Gasteiger partial charge in [0.05, 0.1) is 24.2 Å². The zero-order chi connectivity index (χ0) is 23.3. The number of hydrogen-bond acceptors (Lipinski definition) is 6. The second-order valence-corrected chi connectivity index (χ2v) is 9.50. The number of nitrogens with one attached hydrogen (secondary N) is 2. The molecule has 1 aliphatic heterocycles. The van der Waals surface area contributed by atoms with Crippen molar-refractivity contribution in [1.29, 1.82) is 0 Å². The second kappa shape index (κ2) is 10.2. The first kappa shape index (κ1) is 23.0. The fourth-order valence-electron chi connectivity index (χ4n) is 3.73. The molecule has 1 saturated heterocycles. The number of sulfonamides is 1. The van der Waals surface area contributed by atoms with Crippen molar-refractivity contribution in [2.45, 2.75) is 17.9 Å². The van der Waals surface area contributed by atoms with E-state index in [1.807, 2.05) is 25.1 Å². The molecule has 1 aromatic heterocycles. The predicted molar refractivity (Wildman–Crippen MR) is 125 cm³/mol. The highest BCUT2D eigenvalue weighted by Crippen LogP contribution is 2.23. The van der Waals surface area contributed by atoms with Gasteiger partial charge in [0.2, 0.25) is 0 Å². The van der Waals surface area contributed by atoms with Gasteiger partial charge in [0.25, 0.3) is 15.9 Å². The average molecular weight is 470 g/mol. The zero-order valence-electron chi connectivity index (χ0n) is 18.4. The Balaban J connectivity index is 1.42. The first-order chi connectivity index (χ1) is 15.9. The first-order valence-electron chi connectivity index (χ1n) is 10.8. The van der Waals surface area contributed by atoms with Crippen molar-refractivity contribution in [3.05, 3.63) is 83.8 Å². The number of furan rings is 1. The maximum Gasteiger partial charge on any atom is 0.261 e. The maximum absolute atomic E-state index is 12.8. The Hall–Kier alpha value is -3.14. The van der Waals surface area contributed by atoms with E-state index in [4.69, 9.17) is 9.15 Å². The van der Waals surface area contributed by atoms with Gasteiger partial charge in [-0.15, -0.1) is 0 Å². The molecule has 2 heterocycles. The number of anilines is 1. The standard InChI is InChI=1S/C24H27N3O5S/c1-18-7-12-23(32-18)22(27-13-15-31-16-14-27)17-25-24(28)19-8-10-21(11-9-19)33(29,30)26-20-5-3-2-4-6-20/h2-12,22,26H,13-17H2,1H3,(H,25,28)/t22-/m1/s1. The number of benzene rings is 2. The van der Waals surface area contributed by atoms with Gasteiger partial charge in [-0.3, -0.25) is 14.4 Å². The third-order valence-electron chi connectivity index (χ3n) is 5.48. The third kappa shape index (κ3) is 5.81. The molecule has 3 aromatic rings. The SMILES string of the molecule is Cc1ccc([C@@H](CNC(=O)c2ccc(S(=O)(=O)Nc3ccccc3)cc2)N2CCOCC2)o1. The van der Waals surface area contributed by atoms with Crippen LogP contribution in [0.1, 0.15) is 27.9 Å². The summed E-state index contributed by atoms with van der Waals surface area (Å²) >= 11 is 0. The molecule has 0 saturated carbocycles. The molecular formula is C24H27N3O5S. The van der Waals surface area contributed by atoms with Crippen LogP contribution in [0, 0.1) is 6.92 Å². The highest BCUT2D eigenvalue weighted by Gasteiger charge is 2.26. The maximum atomic E-state index is 12.8. The second-order valence-electron chi connectivity index (χ2n) is 7.82. The van der Waals surface area contributed by atoms with Gasteiger partial charge in [0, 0.05) is 30.9 Å². The molecule has 1 atom stereocenters. The lowest BCUT2D eigenvalue weighted by atomic mass is 10.1. The zero-order valence-corrected chi connectivity index (χ0v) is 19.2. The number of para-hydroxylation sites is 1. The van der Waals surface area contributed by atoms with Crippen molar-refractivity contribution in [1.82, 2.24) is 10.2 Å². The number of hydrogen-bond donors (Lipinski definition) is 2. The molecule has 9 heteroatoms. The summed E-state index contributed by atoms with van der Waals surface area (Å²) in [6.07, 6.45) is 0. The molecule has 4 rings (SSSR count). The average Bonchev–Trinajstić information content (AvgIpc) is 3.26. The molecule has 0 radical (unpaired) electrons. The highest BCUT2D eigenvalue weighted by atomic mass is 32.2. The molecule has 1 aliphatic rings. The Labute approximate surface area is 193 Å². The van der Waals surface area contributed by atoms with Crippen LogP contribution in [-0.4, -0.2) is 52.1 Å². The summed E-state index contributed by atoms with van der Waals surface area (Å²) in [6, 6.07) is 18.3. The first-order valence-corrected chi connectivity index (χ1v) is 12.2. The molecule has 2 aromatic carbocycles. The normalized spacial score (nSPS) is 15.7. The molecule has 0 unspecified atom stereocenters. The topological polar surface area (TPSA) is 101 Å². The van der Waals surface area contributed by atoms with Crippen molar-refractivity contribution in [2.75, 3.05) is 37.6 Å². The van der Waals surface area contributed by atoms with Crippen LogP contribution in [-0.2, 0) is 14.8 Å². The van der Waals surface area contributed by atoms with E-state index in [1.165, 1.54) is 24.3 Å². The van der Waals surface area contributed by atoms with Crippen molar-refractivity contribution in [2.24, 2.45) is 0 Å². The minimum absolute atomic E-state index is 0.0835. The summed E-state index contributed by atoms with van der Waals surface area (Å²) in [5.41, 5.74) is 0.853. The number of aryl methyl sites for hydroxylation is 1. The predicted octanol–water partition coefficient (Wildman–Crippen LogP) is 3.19. The molecule has 8 nitrogen and oxygen atoms in total. The lowest BCUT2D eigenvalue weighted by molar-refractivity contribution is 0.0117. The van der Waals surface area contributed by atoms with Crippen molar-refractivity contribution in [3.8, 4) is 0 Å².